The number of halogens is 1. The summed E-state index contributed by atoms with van der Waals surface area (Å²) in [7, 11) is 0. The third kappa shape index (κ3) is 3.32. The van der Waals surface area contributed by atoms with Crippen LogP contribution in [0.15, 0.2) is 0 Å². The molecule has 11 heavy (non-hydrogen) atoms. The van der Waals surface area contributed by atoms with Crippen LogP contribution in [-0.2, 0) is 4.79 Å². The Morgan fingerprint density at radius 2 is 2.18 bits per heavy atom. The molecule has 0 aliphatic heterocycles. The Morgan fingerprint density at radius 3 is 2.55 bits per heavy atom. The topological polar surface area (TPSA) is 55.1 Å². The van der Waals surface area contributed by atoms with Crippen LogP contribution in [0.25, 0.3) is 0 Å². The summed E-state index contributed by atoms with van der Waals surface area (Å²) in [6, 6.07) is 0. The normalized spacial score (nSPS) is 11.3. The van der Waals surface area contributed by atoms with Gasteiger partial charge < -0.3 is 11.1 Å². The molecule has 3 N–H and O–H groups in total. The van der Waals surface area contributed by atoms with Gasteiger partial charge in [-0.15, -0.1) is 0 Å². The fourth-order valence-electron chi connectivity index (χ4n) is 0.493. The van der Waals surface area contributed by atoms with Gasteiger partial charge in [-0.25, -0.2) is 4.39 Å². The van der Waals surface area contributed by atoms with Gasteiger partial charge in [0.1, 0.15) is 6.67 Å². The van der Waals surface area contributed by atoms with Crippen LogP contribution in [0.3, 0.4) is 0 Å². The number of carbonyl (C=O) groups is 1. The molecule has 0 heterocycles. The molecule has 0 aliphatic rings. The molecular weight excluding hydrogens is 147 g/mol. The predicted octanol–water partition coefficient (Wildman–Crippen LogP) is 0.0570. The van der Waals surface area contributed by atoms with Gasteiger partial charge in [0.2, 0.25) is 5.91 Å². The largest absolute Gasteiger partial charge is 0.353 e. The molecule has 0 aromatic heterocycles. The van der Waals surface area contributed by atoms with Crippen molar-refractivity contribution in [2.75, 3.05) is 19.8 Å². The third-order valence-electron chi connectivity index (χ3n) is 1.51. The van der Waals surface area contributed by atoms with Crippen LogP contribution in [0.2, 0.25) is 0 Å². The van der Waals surface area contributed by atoms with Crippen molar-refractivity contribution < 1.29 is 9.18 Å². The fraction of sp³-hybridized carbons (Fsp3) is 0.857. The molecule has 0 aliphatic carbocycles. The first-order valence-corrected chi connectivity index (χ1v) is 3.59. The van der Waals surface area contributed by atoms with E-state index < -0.39 is 12.1 Å². The molecule has 0 rings (SSSR count). The van der Waals surface area contributed by atoms with Crippen molar-refractivity contribution in [3.63, 3.8) is 0 Å². The van der Waals surface area contributed by atoms with Crippen LogP contribution in [0.5, 0.6) is 0 Å². The van der Waals surface area contributed by atoms with Crippen LogP contribution in [0.4, 0.5) is 4.39 Å². The quantitative estimate of drug-likeness (QED) is 0.614. The number of amides is 1. The lowest BCUT2D eigenvalue weighted by atomic mass is 9.93. The summed E-state index contributed by atoms with van der Waals surface area (Å²) in [6.07, 6.45) is 0. The standard InChI is InChI=1S/C7H15FN2O/c1-7(2,5-9)6(11)10-4-3-8/h3-5,9H2,1-2H3,(H,10,11). The molecule has 1 amide bonds. The molecule has 66 valence electrons. The first kappa shape index (κ1) is 10.4. The van der Waals surface area contributed by atoms with Gasteiger partial charge in [-0.1, -0.05) is 0 Å². The lowest BCUT2D eigenvalue weighted by molar-refractivity contribution is -0.128. The average Bonchev–Trinajstić information content (AvgIpc) is 2.00. The Hall–Kier alpha value is -0.640. The average molecular weight is 162 g/mol. The van der Waals surface area contributed by atoms with Crippen molar-refractivity contribution in [2.24, 2.45) is 11.1 Å². The van der Waals surface area contributed by atoms with E-state index in [1.807, 2.05) is 0 Å². The zero-order valence-corrected chi connectivity index (χ0v) is 6.98. The maximum atomic E-state index is 11.6. The fourth-order valence-corrected chi connectivity index (χ4v) is 0.493. The van der Waals surface area contributed by atoms with Gasteiger partial charge in [0.15, 0.2) is 0 Å². The Kier molecular flexibility index (Phi) is 4.03. The molecule has 0 bridgehead atoms. The van der Waals surface area contributed by atoms with Crippen molar-refractivity contribution in [2.45, 2.75) is 13.8 Å². The minimum absolute atomic E-state index is 0.0717. The molecule has 0 aromatic rings. The SMILES string of the molecule is CC(C)(CN)C(=O)NCCF. The molecular formula is C7H15FN2O. The second-order valence-corrected chi connectivity index (χ2v) is 3.03. The molecule has 3 nitrogen and oxygen atoms in total. The number of nitrogens with one attached hydrogen (secondary N) is 1. The molecule has 0 fully saturated rings. The van der Waals surface area contributed by atoms with Gasteiger partial charge >= 0.3 is 0 Å². The summed E-state index contributed by atoms with van der Waals surface area (Å²) in [5.41, 5.74) is 4.74. The molecule has 4 heteroatoms. The van der Waals surface area contributed by atoms with E-state index in [-0.39, 0.29) is 19.0 Å². The number of carbonyl (C=O) groups excluding carboxylic acids is 1. The molecule has 0 atom stereocenters. The second-order valence-electron chi connectivity index (χ2n) is 3.03. The number of hydrogen-bond donors (Lipinski definition) is 2. The summed E-state index contributed by atoms with van der Waals surface area (Å²) in [5, 5.41) is 2.43. The van der Waals surface area contributed by atoms with Crippen molar-refractivity contribution in [1.29, 1.82) is 0 Å². The van der Waals surface area contributed by atoms with Crippen LogP contribution in [-0.4, -0.2) is 25.7 Å². The summed E-state index contributed by atoms with van der Waals surface area (Å²) in [6.45, 7) is 3.25. The van der Waals surface area contributed by atoms with Crippen molar-refractivity contribution in [1.82, 2.24) is 5.32 Å². The van der Waals surface area contributed by atoms with Gasteiger partial charge in [-0.2, -0.15) is 0 Å². The van der Waals surface area contributed by atoms with Crippen LogP contribution < -0.4 is 11.1 Å². The van der Waals surface area contributed by atoms with E-state index in [1.165, 1.54) is 0 Å². The maximum absolute atomic E-state index is 11.6. The zero-order chi connectivity index (χ0) is 8.91. The lowest BCUT2D eigenvalue weighted by Crippen LogP contribution is -2.42. The van der Waals surface area contributed by atoms with Crippen molar-refractivity contribution >= 4 is 5.91 Å². The monoisotopic (exact) mass is 162 g/mol. The van der Waals surface area contributed by atoms with Crippen molar-refractivity contribution in [3.05, 3.63) is 0 Å². The van der Waals surface area contributed by atoms with Crippen molar-refractivity contribution in [3.8, 4) is 0 Å². The highest BCUT2D eigenvalue weighted by atomic mass is 19.1. The first-order chi connectivity index (χ1) is 5.04. The predicted molar refractivity (Wildman–Crippen MR) is 41.8 cm³/mol. The Labute approximate surface area is 66.1 Å². The molecule has 0 radical (unpaired) electrons. The summed E-state index contributed by atoms with van der Waals surface area (Å²) < 4.78 is 11.6. The smallest absolute Gasteiger partial charge is 0.227 e. The van der Waals surface area contributed by atoms with Gasteiger partial charge in [0.25, 0.3) is 0 Å². The van der Waals surface area contributed by atoms with Crippen LogP contribution >= 0.6 is 0 Å². The Morgan fingerprint density at radius 1 is 1.64 bits per heavy atom. The molecule has 0 saturated carbocycles. The minimum Gasteiger partial charge on any atom is -0.353 e. The van der Waals surface area contributed by atoms with Gasteiger partial charge in [0.05, 0.1) is 5.41 Å². The summed E-state index contributed by atoms with van der Waals surface area (Å²) in [4.78, 5) is 11.1. The first-order valence-electron chi connectivity index (χ1n) is 3.59. The van der Waals surface area contributed by atoms with E-state index >= 15 is 0 Å². The molecule has 0 saturated heterocycles. The number of alkyl halides is 1. The highest BCUT2D eigenvalue weighted by Crippen LogP contribution is 2.11. The number of rotatable bonds is 4. The Balaban J connectivity index is 3.82. The van der Waals surface area contributed by atoms with E-state index in [0.717, 1.165) is 0 Å². The van der Waals surface area contributed by atoms with E-state index in [4.69, 9.17) is 5.73 Å². The maximum Gasteiger partial charge on any atom is 0.227 e. The second kappa shape index (κ2) is 4.28. The van der Waals surface area contributed by atoms with Gasteiger partial charge in [0, 0.05) is 13.1 Å². The lowest BCUT2D eigenvalue weighted by Gasteiger charge is -2.20. The molecule has 0 spiro atoms. The number of hydrogen-bond acceptors (Lipinski definition) is 2. The van der Waals surface area contributed by atoms with E-state index in [9.17, 15) is 9.18 Å². The summed E-state index contributed by atoms with van der Waals surface area (Å²) in [5.74, 6) is -0.197. The van der Waals surface area contributed by atoms with E-state index in [2.05, 4.69) is 5.32 Å². The summed E-state index contributed by atoms with van der Waals surface area (Å²) >= 11 is 0. The van der Waals surface area contributed by atoms with E-state index in [1.54, 1.807) is 13.8 Å². The molecule has 0 aromatic carbocycles. The minimum atomic E-state index is -0.588. The van der Waals surface area contributed by atoms with Gasteiger partial charge in [-0.05, 0) is 13.8 Å². The van der Waals surface area contributed by atoms with Crippen LogP contribution in [0.1, 0.15) is 13.8 Å². The zero-order valence-electron chi connectivity index (χ0n) is 6.98. The van der Waals surface area contributed by atoms with Crippen LogP contribution in [0, 0.1) is 5.41 Å². The third-order valence-corrected chi connectivity index (χ3v) is 1.51. The number of nitrogens with two attached hydrogens (primary N) is 1. The highest BCUT2D eigenvalue weighted by molar-refractivity contribution is 5.81. The molecule has 0 unspecified atom stereocenters. The highest BCUT2D eigenvalue weighted by Gasteiger charge is 2.24. The Bertz CT molecular complexity index is 136. The van der Waals surface area contributed by atoms with E-state index in [0.29, 0.717) is 0 Å². The van der Waals surface area contributed by atoms with Gasteiger partial charge in [-0.3, -0.25) is 4.79 Å².